The van der Waals surface area contributed by atoms with Gasteiger partial charge in [-0.1, -0.05) is 18.3 Å². The minimum atomic E-state index is 0.0577. The van der Waals surface area contributed by atoms with Gasteiger partial charge in [0, 0.05) is 6.42 Å². The van der Waals surface area contributed by atoms with Gasteiger partial charge in [0.05, 0.1) is 2.88 Å². The smallest absolute Gasteiger partial charge is 0.182 e. The Morgan fingerprint density at radius 2 is 2.45 bits per heavy atom. The lowest BCUT2D eigenvalue weighted by Crippen LogP contribution is -1.99. The number of halogens is 1. The molecule has 1 heterocycles. The summed E-state index contributed by atoms with van der Waals surface area (Å²) in [7, 11) is 0. The largest absolute Gasteiger partial charge is 0.375 e. The average Bonchev–Trinajstić information content (AvgIpc) is 2.28. The molecule has 5 heteroatoms. The highest BCUT2D eigenvalue weighted by atomic mass is 127. The molecule has 0 aliphatic heterocycles. The van der Waals surface area contributed by atoms with E-state index in [-0.39, 0.29) is 5.78 Å². The number of hydrogen-bond donors (Lipinski definition) is 1. The maximum Gasteiger partial charge on any atom is 0.182 e. The molecule has 0 aliphatic carbocycles. The van der Waals surface area contributed by atoms with Gasteiger partial charge < -0.3 is 5.73 Å². The predicted molar refractivity (Wildman–Crippen MR) is 53.9 cm³/mol. The van der Waals surface area contributed by atoms with Crippen LogP contribution in [0.2, 0.25) is 0 Å². The Morgan fingerprint density at radius 3 is 2.82 bits per heavy atom. The first-order valence-electron chi connectivity index (χ1n) is 3.10. The second-order valence-electron chi connectivity index (χ2n) is 1.95. The molecule has 0 saturated heterocycles. The number of ketones is 1. The van der Waals surface area contributed by atoms with Gasteiger partial charge >= 0.3 is 0 Å². The third kappa shape index (κ3) is 1.90. The summed E-state index contributed by atoms with van der Waals surface area (Å²) >= 11 is 3.42. The van der Waals surface area contributed by atoms with Crippen molar-refractivity contribution in [2.75, 3.05) is 5.73 Å². The van der Waals surface area contributed by atoms with Crippen molar-refractivity contribution < 1.29 is 4.79 Å². The van der Waals surface area contributed by atoms with E-state index in [1.165, 1.54) is 11.3 Å². The monoisotopic (exact) mass is 282 g/mol. The summed E-state index contributed by atoms with van der Waals surface area (Å²) < 4.78 is 0.881. The molecule has 11 heavy (non-hydrogen) atoms. The van der Waals surface area contributed by atoms with Crippen molar-refractivity contribution in [1.29, 1.82) is 0 Å². The summed E-state index contributed by atoms with van der Waals surface area (Å²) in [5.74, 6) is 0.0577. The van der Waals surface area contributed by atoms with Crippen molar-refractivity contribution in [2.24, 2.45) is 0 Å². The van der Waals surface area contributed by atoms with Crippen molar-refractivity contribution in [1.82, 2.24) is 4.98 Å². The van der Waals surface area contributed by atoms with Crippen LogP contribution >= 0.6 is 33.9 Å². The van der Waals surface area contributed by atoms with Gasteiger partial charge in [0.15, 0.2) is 10.9 Å². The van der Waals surface area contributed by atoms with Crippen LogP contribution in [0.4, 0.5) is 5.13 Å². The van der Waals surface area contributed by atoms with Crippen molar-refractivity contribution in [3.63, 3.8) is 0 Å². The van der Waals surface area contributed by atoms with E-state index in [0.717, 1.165) is 2.88 Å². The maximum absolute atomic E-state index is 11.1. The molecule has 0 bridgehead atoms. The van der Waals surface area contributed by atoms with Gasteiger partial charge in [-0.25, -0.2) is 4.98 Å². The molecule has 60 valence electrons. The molecular formula is C6H7IN2OS. The lowest BCUT2D eigenvalue weighted by atomic mass is 10.2. The van der Waals surface area contributed by atoms with Crippen molar-refractivity contribution >= 4 is 44.8 Å². The molecular weight excluding hydrogens is 275 g/mol. The van der Waals surface area contributed by atoms with Crippen LogP contribution in [0.15, 0.2) is 0 Å². The second kappa shape index (κ2) is 3.48. The topological polar surface area (TPSA) is 56.0 Å². The number of thiazole rings is 1. The second-order valence-corrected chi connectivity index (χ2v) is 4.79. The summed E-state index contributed by atoms with van der Waals surface area (Å²) in [5, 5.41) is 0.464. The Bertz CT molecular complexity index is 284. The fraction of sp³-hybridized carbons (Fsp3) is 0.333. The summed E-state index contributed by atoms with van der Waals surface area (Å²) in [6.07, 6.45) is 0.485. The lowest BCUT2D eigenvalue weighted by Gasteiger charge is -1.89. The van der Waals surface area contributed by atoms with Crippen molar-refractivity contribution in [2.45, 2.75) is 13.3 Å². The number of nitrogen functional groups attached to an aromatic ring is 1. The summed E-state index contributed by atoms with van der Waals surface area (Å²) in [6.45, 7) is 1.81. The van der Waals surface area contributed by atoms with Crippen LogP contribution < -0.4 is 5.73 Å². The highest BCUT2D eigenvalue weighted by Gasteiger charge is 2.12. The van der Waals surface area contributed by atoms with Gasteiger partial charge in [-0.3, -0.25) is 4.79 Å². The Balaban J connectivity index is 3.03. The van der Waals surface area contributed by atoms with E-state index in [1.54, 1.807) is 0 Å². The number of carbonyl (C=O) groups is 1. The number of anilines is 1. The van der Waals surface area contributed by atoms with E-state index in [9.17, 15) is 4.79 Å². The number of aromatic nitrogens is 1. The standard InChI is InChI=1S/C6H7IN2OS/c1-2-3(10)4-5(7)11-6(8)9-4/h2H2,1H3,(H2,8,9). The third-order valence-corrected chi connectivity index (χ3v) is 3.03. The summed E-state index contributed by atoms with van der Waals surface area (Å²) in [5.41, 5.74) is 5.95. The van der Waals surface area contributed by atoms with E-state index in [0.29, 0.717) is 17.2 Å². The van der Waals surface area contributed by atoms with Crippen LogP contribution in [0.25, 0.3) is 0 Å². The van der Waals surface area contributed by atoms with Crippen molar-refractivity contribution in [3.8, 4) is 0 Å². The number of hydrogen-bond acceptors (Lipinski definition) is 4. The molecule has 3 nitrogen and oxygen atoms in total. The average molecular weight is 282 g/mol. The molecule has 2 N–H and O–H groups in total. The highest BCUT2D eigenvalue weighted by Crippen LogP contribution is 2.22. The first-order valence-corrected chi connectivity index (χ1v) is 4.99. The molecule has 0 amide bonds. The van der Waals surface area contributed by atoms with E-state index in [2.05, 4.69) is 27.6 Å². The SMILES string of the molecule is CCC(=O)c1nc(N)sc1I. The molecule has 0 atom stereocenters. The molecule has 0 radical (unpaired) electrons. The molecule has 0 aromatic carbocycles. The van der Waals surface area contributed by atoms with Crippen LogP contribution in [0, 0.1) is 2.88 Å². The van der Waals surface area contributed by atoms with Crippen LogP contribution in [0.5, 0.6) is 0 Å². The molecule has 0 fully saturated rings. The third-order valence-electron chi connectivity index (χ3n) is 1.19. The number of Topliss-reactive ketones (excluding diaryl/α,β-unsaturated/α-hetero) is 1. The van der Waals surface area contributed by atoms with Crippen LogP contribution in [0.1, 0.15) is 23.8 Å². The van der Waals surface area contributed by atoms with E-state index in [4.69, 9.17) is 5.73 Å². The first-order chi connectivity index (χ1) is 5.15. The molecule has 0 saturated carbocycles. The zero-order chi connectivity index (χ0) is 8.43. The maximum atomic E-state index is 11.1. The van der Waals surface area contributed by atoms with Gasteiger partial charge in [0.25, 0.3) is 0 Å². The molecule has 0 aliphatic rings. The molecule has 1 aromatic rings. The minimum Gasteiger partial charge on any atom is -0.375 e. The Labute approximate surface area is 82.1 Å². The fourth-order valence-electron chi connectivity index (χ4n) is 0.657. The zero-order valence-corrected chi connectivity index (χ0v) is 8.90. The van der Waals surface area contributed by atoms with Gasteiger partial charge in [-0.15, -0.1) is 0 Å². The quantitative estimate of drug-likeness (QED) is 0.666. The van der Waals surface area contributed by atoms with Gasteiger partial charge in [0.2, 0.25) is 0 Å². The number of rotatable bonds is 2. The van der Waals surface area contributed by atoms with Crippen LogP contribution in [0.3, 0.4) is 0 Å². The van der Waals surface area contributed by atoms with Crippen LogP contribution in [-0.2, 0) is 0 Å². The normalized spacial score (nSPS) is 10.0. The zero-order valence-electron chi connectivity index (χ0n) is 5.93. The number of nitrogens with zero attached hydrogens (tertiary/aromatic N) is 1. The minimum absolute atomic E-state index is 0.0577. The summed E-state index contributed by atoms with van der Waals surface area (Å²) in [6, 6.07) is 0. The van der Waals surface area contributed by atoms with E-state index >= 15 is 0 Å². The number of carbonyl (C=O) groups excluding carboxylic acids is 1. The number of nitrogens with two attached hydrogens (primary N) is 1. The molecule has 1 aromatic heterocycles. The molecule has 0 unspecified atom stereocenters. The van der Waals surface area contributed by atoms with Gasteiger partial charge in [-0.2, -0.15) is 0 Å². The Hall–Kier alpha value is -0.170. The summed E-state index contributed by atoms with van der Waals surface area (Å²) in [4.78, 5) is 15.1. The molecule has 0 spiro atoms. The van der Waals surface area contributed by atoms with E-state index < -0.39 is 0 Å². The van der Waals surface area contributed by atoms with Gasteiger partial charge in [-0.05, 0) is 22.6 Å². The molecule has 1 rings (SSSR count). The Morgan fingerprint density at radius 1 is 1.82 bits per heavy atom. The fourth-order valence-corrected chi connectivity index (χ4v) is 2.33. The van der Waals surface area contributed by atoms with Gasteiger partial charge in [0.1, 0.15) is 5.69 Å². The predicted octanol–water partition coefficient (Wildman–Crippen LogP) is 1.92. The van der Waals surface area contributed by atoms with Crippen LogP contribution in [-0.4, -0.2) is 10.8 Å². The Kier molecular flexibility index (Phi) is 2.83. The lowest BCUT2D eigenvalue weighted by molar-refractivity contribution is 0.0983. The van der Waals surface area contributed by atoms with E-state index in [1.807, 2.05) is 6.92 Å². The highest BCUT2D eigenvalue weighted by molar-refractivity contribution is 14.1. The first kappa shape index (κ1) is 8.92. The van der Waals surface area contributed by atoms with Crippen molar-refractivity contribution in [3.05, 3.63) is 8.58 Å².